The zero-order chi connectivity index (χ0) is 13.2. The van der Waals surface area contributed by atoms with Crippen molar-refractivity contribution in [2.24, 2.45) is 11.7 Å². The van der Waals surface area contributed by atoms with Crippen LogP contribution in [0, 0.1) is 5.92 Å². The molecular formula is C12H16F3N3. The Kier molecular flexibility index (Phi) is 3.75. The Morgan fingerprint density at radius 1 is 1.39 bits per heavy atom. The second-order valence-electron chi connectivity index (χ2n) is 4.63. The van der Waals surface area contributed by atoms with Crippen LogP contribution >= 0.6 is 0 Å². The van der Waals surface area contributed by atoms with Crippen LogP contribution in [0.1, 0.15) is 24.8 Å². The summed E-state index contributed by atoms with van der Waals surface area (Å²) >= 11 is 0. The fourth-order valence-corrected chi connectivity index (χ4v) is 2.32. The number of pyridine rings is 1. The van der Waals surface area contributed by atoms with Gasteiger partial charge in [0.15, 0.2) is 0 Å². The molecule has 1 aliphatic rings. The van der Waals surface area contributed by atoms with Crippen molar-refractivity contribution in [1.29, 1.82) is 0 Å². The summed E-state index contributed by atoms with van der Waals surface area (Å²) in [6.07, 6.45) is -0.0779. The molecule has 0 aliphatic heterocycles. The molecule has 0 spiro atoms. The van der Waals surface area contributed by atoms with Crippen LogP contribution in [0.5, 0.6) is 0 Å². The fraction of sp³-hybridized carbons (Fsp3) is 0.583. The highest BCUT2D eigenvalue weighted by Crippen LogP contribution is 2.34. The van der Waals surface area contributed by atoms with Gasteiger partial charge in [-0.15, -0.1) is 0 Å². The molecule has 2 unspecified atom stereocenters. The second kappa shape index (κ2) is 5.14. The number of alkyl halides is 3. The van der Waals surface area contributed by atoms with Crippen molar-refractivity contribution >= 4 is 5.82 Å². The largest absolute Gasteiger partial charge is 0.419 e. The zero-order valence-electron chi connectivity index (χ0n) is 9.87. The van der Waals surface area contributed by atoms with Crippen molar-refractivity contribution < 1.29 is 13.2 Å². The average molecular weight is 259 g/mol. The van der Waals surface area contributed by atoms with Gasteiger partial charge < -0.3 is 11.1 Å². The van der Waals surface area contributed by atoms with Crippen LogP contribution in [-0.4, -0.2) is 17.6 Å². The molecule has 0 radical (unpaired) electrons. The van der Waals surface area contributed by atoms with Crippen LogP contribution in [0.2, 0.25) is 0 Å². The normalized spacial score (nSPS) is 24.2. The highest BCUT2D eigenvalue weighted by atomic mass is 19.4. The first-order valence-corrected chi connectivity index (χ1v) is 6.00. The number of nitrogens with one attached hydrogen (secondary N) is 1. The van der Waals surface area contributed by atoms with Crippen molar-refractivity contribution in [3.05, 3.63) is 23.9 Å². The third-order valence-corrected chi connectivity index (χ3v) is 3.36. The summed E-state index contributed by atoms with van der Waals surface area (Å²) in [4.78, 5) is 3.76. The van der Waals surface area contributed by atoms with Crippen LogP contribution in [0.4, 0.5) is 19.0 Å². The summed E-state index contributed by atoms with van der Waals surface area (Å²) in [5.41, 5.74) is 5.16. The highest BCUT2D eigenvalue weighted by Gasteiger charge is 2.34. The van der Waals surface area contributed by atoms with Gasteiger partial charge in [-0.2, -0.15) is 13.2 Å². The minimum atomic E-state index is -4.38. The van der Waals surface area contributed by atoms with Gasteiger partial charge in [0.1, 0.15) is 5.82 Å². The van der Waals surface area contributed by atoms with Gasteiger partial charge in [0.2, 0.25) is 0 Å². The van der Waals surface area contributed by atoms with E-state index in [0.717, 1.165) is 25.3 Å². The predicted octanol–water partition coefficient (Wildman–Crippen LogP) is 2.64. The van der Waals surface area contributed by atoms with Crippen molar-refractivity contribution in [3.63, 3.8) is 0 Å². The molecule has 6 heteroatoms. The lowest BCUT2D eigenvalue weighted by atomic mass is 10.0. The average Bonchev–Trinajstić information content (AvgIpc) is 2.71. The third kappa shape index (κ3) is 2.93. The third-order valence-electron chi connectivity index (χ3n) is 3.36. The van der Waals surface area contributed by atoms with Gasteiger partial charge in [-0.25, -0.2) is 4.98 Å². The minimum Gasteiger partial charge on any atom is -0.369 e. The van der Waals surface area contributed by atoms with E-state index >= 15 is 0 Å². The molecule has 1 saturated carbocycles. The summed E-state index contributed by atoms with van der Waals surface area (Å²) in [7, 11) is 0. The lowest BCUT2D eigenvalue weighted by Crippen LogP contribution is -2.30. The lowest BCUT2D eigenvalue weighted by molar-refractivity contribution is -0.137. The molecule has 1 fully saturated rings. The van der Waals surface area contributed by atoms with Crippen molar-refractivity contribution in [1.82, 2.24) is 4.98 Å². The first kappa shape index (κ1) is 13.1. The van der Waals surface area contributed by atoms with Gasteiger partial charge in [0.05, 0.1) is 5.56 Å². The number of nitrogens with zero attached hydrogens (tertiary/aromatic N) is 1. The highest BCUT2D eigenvalue weighted by molar-refractivity contribution is 5.45. The number of nitrogens with two attached hydrogens (primary N) is 1. The van der Waals surface area contributed by atoms with E-state index in [0.29, 0.717) is 6.54 Å². The van der Waals surface area contributed by atoms with E-state index in [2.05, 4.69) is 10.3 Å². The molecule has 3 nitrogen and oxygen atoms in total. The van der Waals surface area contributed by atoms with Crippen LogP contribution in [0.3, 0.4) is 0 Å². The van der Waals surface area contributed by atoms with E-state index in [-0.39, 0.29) is 17.8 Å². The van der Waals surface area contributed by atoms with Gasteiger partial charge in [-0.05, 0) is 30.9 Å². The summed E-state index contributed by atoms with van der Waals surface area (Å²) in [5.74, 6) is 0.122. The maximum Gasteiger partial charge on any atom is 0.419 e. The number of rotatable bonds is 3. The van der Waals surface area contributed by atoms with Gasteiger partial charge in [0, 0.05) is 18.8 Å². The molecular weight excluding hydrogens is 243 g/mol. The van der Waals surface area contributed by atoms with Crippen molar-refractivity contribution in [2.45, 2.75) is 31.5 Å². The topological polar surface area (TPSA) is 50.9 Å². The van der Waals surface area contributed by atoms with E-state index in [1.54, 1.807) is 0 Å². The molecule has 3 N–H and O–H groups in total. The lowest BCUT2D eigenvalue weighted by Gasteiger charge is -2.18. The van der Waals surface area contributed by atoms with Gasteiger partial charge in [-0.3, -0.25) is 0 Å². The van der Waals surface area contributed by atoms with Crippen molar-refractivity contribution in [3.8, 4) is 0 Å². The van der Waals surface area contributed by atoms with Gasteiger partial charge in [0.25, 0.3) is 0 Å². The molecule has 0 amide bonds. The Labute approximate surface area is 104 Å². The van der Waals surface area contributed by atoms with E-state index in [9.17, 15) is 13.2 Å². The summed E-state index contributed by atoms with van der Waals surface area (Å²) in [5, 5.41) is 2.78. The molecule has 2 rings (SSSR count). The van der Waals surface area contributed by atoms with E-state index in [1.165, 1.54) is 12.3 Å². The monoisotopic (exact) mass is 259 g/mol. The van der Waals surface area contributed by atoms with Crippen LogP contribution in [0.25, 0.3) is 0 Å². The predicted molar refractivity (Wildman–Crippen MR) is 63.0 cm³/mol. The van der Waals surface area contributed by atoms with E-state index < -0.39 is 11.7 Å². The summed E-state index contributed by atoms with van der Waals surface area (Å²) < 4.78 is 38.2. The zero-order valence-corrected chi connectivity index (χ0v) is 9.87. The molecule has 1 aromatic rings. The SMILES string of the molecule is NC1CCCC1CNc1ncccc1C(F)(F)F. The first-order valence-electron chi connectivity index (χ1n) is 6.00. The van der Waals surface area contributed by atoms with E-state index in [1.807, 2.05) is 0 Å². The van der Waals surface area contributed by atoms with Gasteiger partial charge >= 0.3 is 6.18 Å². The second-order valence-corrected chi connectivity index (χ2v) is 4.63. The number of hydrogen-bond donors (Lipinski definition) is 2. The Hall–Kier alpha value is -1.30. The number of aromatic nitrogens is 1. The maximum atomic E-state index is 12.7. The summed E-state index contributed by atoms with van der Waals surface area (Å²) in [6.45, 7) is 0.446. The standard InChI is InChI=1S/C12H16F3N3/c13-12(14,15)9-4-2-6-17-11(9)18-7-8-3-1-5-10(8)16/h2,4,6,8,10H,1,3,5,7,16H2,(H,17,18). The molecule has 0 bridgehead atoms. The number of hydrogen-bond acceptors (Lipinski definition) is 3. The molecule has 1 aliphatic carbocycles. The Morgan fingerprint density at radius 2 is 2.17 bits per heavy atom. The summed E-state index contributed by atoms with van der Waals surface area (Å²) in [6, 6.07) is 2.40. The van der Waals surface area contributed by atoms with Gasteiger partial charge in [-0.1, -0.05) is 6.42 Å². The van der Waals surface area contributed by atoms with Crippen molar-refractivity contribution in [2.75, 3.05) is 11.9 Å². The molecule has 0 saturated heterocycles. The Morgan fingerprint density at radius 3 is 2.78 bits per heavy atom. The van der Waals surface area contributed by atoms with Crippen LogP contribution in [0.15, 0.2) is 18.3 Å². The number of halogens is 3. The smallest absolute Gasteiger partial charge is 0.369 e. The first-order chi connectivity index (χ1) is 8.48. The Balaban J connectivity index is 2.05. The molecule has 1 heterocycles. The van der Waals surface area contributed by atoms with Crippen LogP contribution < -0.4 is 11.1 Å². The molecule has 0 aromatic carbocycles. The molecule has 1 aromatic heterocycles. The fourth-order valence-electron chi connectivity index (χ4n) is 2.32. The maximum absolute atomic E-state index is 12.7. The molecule has 18 heavy (non-hydrogen) atoms. The quantitative estimate of drug-likeness (QED) is 0.877. The van der Waals surface area contributed by atoms with Crippen LogP contribution in [-0.2, 0) is 6.18 Å². The minimum absolute atomic E-state index is 0.0792. The Bertz CT molecular complexity index is 406. The number of anilines is 1. The molecule has 2 atom stereocenters. The van der Waals surface area contributed by atoms with E-state index in [4.69, 9.17) is 5.73 Å². The molecule has 100 valence electrons.